The van der Waals surface area contributed by atoms with Gasteiger partial charge in [-0.2, -0.15) is 5.26 Å². The van der Waals surface area contributed by atoms with E-state index in [1.54, 1.807) is 26.5 Å². The second-order valence-corrected chi connectivity index (χ2v) is 3.84. The molecule has 0 unspecified atom stereocenters. The van der Waals surface area contributed by atoms with Gasteiger partial charge >= 0.3 is 0 Å². The number of anilines is 1. The number of hydrogen-bond acceptors (Lipinski definition) is 5. The Morgan fingerprint density at radius 2 is 2.00 bits per heavy atom. The third-order valence-corrected chi connectivity index (χ3v) is 2.54. The molecule has 0 radical (unpaired) electrons. The Kier molecular flexibility index (Phi) is 6.77. The molecule has 0 bridgehead atoms. The average Bonchev–Trinajstić information content (AvgIpc) is 2.43. The summed E-state index contributed by atoms with van der Waals surface area (Å²) in [6, 6.07) is 5.70. The first kappa shape index (κ1) is 14.4. The van der Waals surface area contributed by atoms with Crippen molar-refractivity contribution in [3.63, 3.8) is 0 Å². The molecular formula is C13H19N3O2. The van der Waals surface area contributed by atoms with E-state index in [0.717, 1.165) is 31.9 Å². The summed E-state index contributed by atoms with van der Waals surface area (Å²) < 4.78 is 10.1. The summed E-state index contributed by atoms with van der Waals surface area (Å²) in [4.78, 5) is 6.42. The van der Waals surface area contributed by atoms with Gasteiger partial charge in [0.25, 0.3) is 0 Å². The van der Waals surface area contributed by atoms with Gasteiger partial charge < -0.3 is 14.4 Å². The van der Waals surface area contributed by atoms with Crippen molar-refractivity contribution in [2.75, 3.05) is 45.4 Å². The fourth-order valence-electron chi connectivity index (χ4n) is 1.58. The van der Waals surface area contributed by atoms with E-state index in [9.17, 15) is 0 Å². The molecule has 0 saturated heterocycles. The Hall–Kier alpha value is -1.64. The molecule has 0 aliphatic rings. The molecule has 5 heteroatoms. The number of hydrogen-bond donors (Lipinski definition) is 0. The number of nitriles is 1. The third kappa shape index (κ3) is 4.70. The lowest BCUT2D eigenvalue weighted by Crippen LogP contribution is -2.29. The van der Waals surface area contributed by atoms with E-state index in [2.05, 4.69) is 16.0 Å². The smallest absolute Gasteiger partial charge is 0.128 e. The highest BCUT2D eigenvalue weighted by Gasteiger charge is 2.07. The highest BCUT2D eigenvalue weighted by atomic mass is 16.5. The Balaban J connectivity index is 2.64. The molecule has 0 N–H and O–H groups in total. The van der Waals surface area contributed by atoms with Crippen LogP contribution in [0.1, 0.15) is 12.0 Å². The molecule has 1 heterocycles. The number of pyridine rings is 1. The minimum Gasteiger partial charge on any atom is -0.385 e. The lowest BCUT2D eigenvalue weighted by molar-refractivity contribution is 0.191. The first-order valence-corrected chi connectivity index (χ1v) is 5.90. The first-order chi connectivity index (χ1) is 8.81. The largest absolute Gasteiger partial charge is 0.385 e. The van der Waals surface area contributed by atoms with Crippen molar-refractivity contribution in [2.45, 2.75) is 6.42 Å². The fraction of sp³-hybridized carbons (Fsp3) is 0.538. The summed E-state index contributed by atoms with van der Waals surface area (Å²) in [7, 11) is 3.37. The number of nitrogens with zero attached hydrogens (tertiary/aromatic N) is 3. The van der Waals surface area contributed by atoms with Crippen molar-refractivity contribution in [3.8, 4) is 6.07 Å². The van der Waals surface area contributed by atoms with Crippen LogP contribution in [0.2, 0.25) is 0 Å². The van der Waals surface area contributed by atoms with Crippen LogP contribution in [-0.4, -0.2) is 45.5 Å². The molecular weight excluding hydrogens is 230 g/mol. The Labute approximate surface area is 108 Å². The molecule has 0 fully saturated rings. The van der Waals surface area contributed by atoms with Crippen LogP contribution in [0.3, 0.4) is 0 Å². The maximum atomic E-state index is 8.74. The van der Waals surface area contributed by atoms with Crippen molar-refractivity contribution < 1.29 is 9.47 Å². The highest BCUT2D eigenvalue weighted by molar-refractivity contribution is 5.41. The maximum Gasteiger partial charge on any atom is 0.128 e. The van der Waals surface area contributed by atoms with Gasteiger partial charge in [0.05, 0.1) is 12.2 Å². The van der Waals surface area contributed by atoms with Crippen LogP contribution in [0, 0.1) is 11.3 Å². The third-order valence-electron chi connectivity index (χ3n) is 2.54. The molecule has 98 valence electrons. The molecule has 0 saturated carbocycles. The molecule has 0 spiro atoms. The van der Waals surface area contributed by atoms with Crippen LogP contribution in [0.15, 0.2) is 18.3 Å². The summed E-state index contributed by atoms with van der Waals surface area (Å²) in [5.74, 6) is 0.863. The fourth-order valence-corrected chi connectivity index (χ4v) is 1.58. The zero-order valence-corrected chi connectivity index (χ0v) is 10.9. The molecule has 1 rings (SSSR count). The van der Waals surface area contributed by atoms with E-state index >= 15 is 0 Å². The zero-order valence-electron chi connectivity index (χ0n) is 10.9. The second kappa shape index (κ2) is 8.45. The van der Waals surface area contributed by atoms with Crippen LogP contribution >= 0.6 is 0 Å². The molecule has 0 amide bonds. The SMILES string of the molecule is COCCCN(CCOC)c1ccc(C#N)cn1. The molecule has 0 aliphatic carbocycles. The summed E-state index contributed by atoms with van der Waals surface area (Å²) in [6.07, 6.45) is 2.52. The van der Waals surface area contributed by atoms with Gasteiger partial charge in [-0.15, -0.1) is 0 Å². The second-order valence-electron chi connectivity index (χ2n) is 3.84. The van der Waals surface area contributed by atoms with Crippen LogP contribution in [0.4, 0.5) is 5.82 Å². The topological polar surface area (TPSA) is 58.4 Å². The molecule has 0 aliphatic heterocycles. The van der Waals surface area contributed by atoms with E-state index < -0.39 is 0 Å². The number of rotatable bonds is 8. The standard InChI is InChI=1S/C13H19N3O2/c1-17-8-3-6-16(7-9-18-2)13-5-4-12(10-14)11-15-13/h4-5,11H,3,6-9H2,1-2H3. The maximum absolute atomic E-state index is 8.74. The van der Waals surface area contributed by atoms with Crippen molar-refractivity contribution in [1.29, 1.82) is 5.26 Å². The van der Waals surface area contributed by atoms with Crippen molar-refractivity contribution in [1.82, 2.24) is 4.98 Å². The lowest BCUT2D eigenvalue weighted by Gasteiger charge is -2.23. The van der Waals surface area contributed by atoms with E-state index in [4.69, 9.17) is 14.7 Å². The van der Waals surface area contributed by atoms with Gasteiger partial charge in [-0.3, -0.25) is 0 Å². The molecule has 0 aromatic carbocycles. The molecule has 1 aromatic heterocycles. The normalized spacial score (nSPS) is 10.1. The van der Waals surface area contributed by atoms with Gasteiger partial charge in [0.1, 0.15) is 11.9 Å². The predicted octanol–water partition coefficient (Wildman–Crippen LogP) is 1.44. The van der Waals surface area contributed by atoms with Crippen molar-refractivity contribution in [3.05, 3.63) is 23.9 Å². The number of ether oxygens (including phenoxy) is 2. The Bertz CT molecular complexity index is 373. The van der Waals surface area contributed by atoms with E-state index in [1.165, 1.54) is 0 Å². The van der Waals surface area contributed by atoms with Crippen molar-refractivity contribution >= 4 is 5.82 Å². The van der Waals surface area contributed by atoms with Gasteiger partial charge in [0.15, 0.2) is 0 Å². The summed E-state index contributed by atoms with van der Waals surface area (Å²) in [5, 5.41) is 8.74. The van der Waals surface area contributed by atoms with Gasteiger partial charge in [-0.1, -0.05) is 0 Å². The average molecular weight is 249 g/mol. The summed E-state index contributed by atoms with van der Waals surface area (Å²) in [5.41, 5.74) is 0.572. The van der Waals surface area contributed by atoms with Gasteiger partial charge in [-0.05, 0) is 18.6 Å². The van der Waals surface area contributed by atoms with Crippen LogP contribution < -0.4 is 4.90 Å². The van der Waals surface area contributed by atoms with E-state index in [-0.39, 0.29) is 0 Å². The van der Waals surface area contributed by atoms with Crippen LogP contribution in [0.25, 0.3) is 0 Å². The predicted molar refractivity (Wildman–Crippen MR) is 69.5 cm³/mol. The Morgan fingerprint density at radius 1 is 1.22 bits per heavy atom. The molecule has 0 atom stereocenters. The Morgan fingerprint density at radius 3 is 2.56 bits per heavy atom. The number of aromatic nitrogens is 1. The lowest BCUT2D eigenvalue weighted by atomic mass is 10.3. The monoisotopic (exact) mass is 249 g/mol. The molecule has 1 aromatic rings. The van der Waals surface area contributed by atoms with E-state index in [0.29, 0.717) is 12.2 Å². The quantitative estimate of drug-likeness (QED) is 0.652. The molecule has 18 heavy (non-hydrogen) atoms. The van der Waals surface area contributed by atoms with Gasteiger partial charge in [0, 0.05) is 40.1 Å². The van der Waals surface area contributed by atoms with Gasteiger partial charge in [-0.25, -0.2) is 4.98 Å². The number of methoxy groups -OCH3 is 2. The summed E-state index contributed by atoms with van der Waals surface area (Å²) in [6.45, 7) is 3.00. The first-order valence-electron chi connectivity index (χ1n) is 5.90. The summed E-state index contributed by atoms with van der Waals surface area (Å²) >= 11 is 0. The van der Waals surface area contributed by atoms with Gasteiger partial charge in [0.2, 0.25) is 0 Å². The van der Waals surface area contributed by atoms with E-state index in [1.807, 2.05) is 6.07 Å². The zero-order chi connectivity index (χ0) is 13.2. The van der Waals surface area contributed by atoms with Crippen LogP contribution in [-0.2, 0) is 9.47 Å². The highest BCUT2D eigenvalue weighted by Crippen LogP contribution is 2.11. The molecule has 5 nitrogen and oxygen atoms in total. The van der Waals surface area contributed by atoms with Crippen molar-refractivity contribution in [2.24, 2.45) is 0 Å². The van der Waals surface area contributed by atoms with Crippen LogP contribution in [0.5, 0.6) is 0 Å². The minimum atomic E-state index is 0.572. The minimum absolute atomic E-state index is 0.572.